The van der Waals surface area contributed by atoms with E-state index in [9.17, 15) is 5.11 Å². The van der Waals surface area contributed by atoms with Crippen LogP contribution in [0.2, 0.25) is 0 Å². The summed E-state index contributed by atoms with van der Waals surface area (Å²) in [5.74, 6) is 0. The summed E-state index contributed by atoms with van der Waals surface area (Å²) in [6, 6.07) is 8.14. The Labute approximate surface area is 79.7 Å². The molecule has 0 saturated heterocycles. The van der Waals surface area contributed by atoms with Gasteiger partial charge in [-0.3, -0.25) is 0 Å². The third-order valence-corrected chi connectivity index (χ3v) is 1.95. The zero-order valence-corrected chi connectivity index (χ0v) is 8.25. The largest absolute Gasteiger partial charge is 0.393 e. The molecule has 1 atom stereocenters. The Kier molecular flexibility index (Phi) is 3.26. The fourth-order valence-corrected chi connectivity index (χ4v) is 1.30. The van der Waals surface area contributed by atoms with Gasteiger partial charge in [0.1, 0.15) is 0 Å². The van der Waals surface area contributed by atoms with Gasteiger partial charge in [0, 0.05) is 0 Å². The molecule has 0 radical (unpaired) electrons. The molecule has 0 aliphatic heterocycles. The van der Waals surface area contributed by atoms with E-state index in [4.69, 9.17) is 0 Å². The van der Waals surface area contributed by atoms with E-state index in [0.717, 1.165) is 16.7 Å². The van der Waals surface area contributed by atoms with Crippen LogP contribution in [0.3, 0.4) is 0 Å². The van der Waals surface area contributed by atoms with E-state index in [2.05, 4.69) is 12.6 Å². The number of hydrogen-bond donors (Lipinski definition) is 1. The van der Waals surface area contributed by atoms with Gasteiger partial charge in [-0.2, -0.15) is 0 Å². The second-order valence-corrected chi connectivity index (χ2v) is 3.53. The van der Waals surface area contributed by atoms with Gasteiger partial charge in [-0.15, -0.1) is 0 Å². The molecule has 0 aliphatic rings. The van der Waals surface area contributed by atoms with Gasteiger partial charge in [0.05, 0.1) is 6.10 Å². The van der Waals surface area contributed by atoms with Crippen LogP contribution in [0.4, 0.5) is 0 Å². The summed E-state index contributed by atoms with van der Waals surface area (Å²) in [5, 5.41) is 9.21. The van der Waals surface area contributed by atoms with E-state index >= 15 is 0 Å². The molecular formula is C12H16O. The molecule has 0 heterocycles. The lowest BCUT2D eigenvalue weighted by atomic mass is 10.0. The van der Waals surface area contributed by atoms with E-state index in [1.54, 1.807) is 6.92 Å². The molecule has 0 saturated carbocycles. The van der Waals surface area contributed by atoms with Crippen molar-refractivity contribution in [3.63, 3.8) is 0 Å². The van der Waals surface area contributed by atoms with E-state index in [-0.39, 0.29) is 6.10 Å². The zero-order chi connectivity index (χ0) is 9.84. The van der Waals surface area contributed by atoms with Gasteiger partial charge in [-0.1, -0.05) is 36.4 Å². The molecule has 70 valence electrons. The van der Waals surface area contributed by atoms with Crippen molar-refractivity contribution in [3.05, 3.63) is 42.0 Å². The Morgan fingerprint density at radius 1 is 1.54 bits per heavy atom. The molecule has 0 fully saturated rings. The molecular weight excluding hydrogens is 160 g/mol. The highest BCUT2D eigenvalue weighted by Crippen LogP contribution is 2.14. The molecule has 0 aromatic heterocycles. The number of allylic oxidation sites excluding steroid dienone is 1. The third-order valence-electron chi connectivity index (χ3n) is 1.95. The molecule has 0 aliphatic carbocycles. The first kappa shape index (κ1) is 10.0. The van der Waals surface area contributed by atoms with Gasteiger partial charge in [0.15, 0.2) is 0 Å². The second-order valence-electron chi connectivity index (χ2n) is 3.53. The molecule has 1 rings (SSSR count). The van der Waals surface area contributed by atoms with Crippen LogP contribution in [0.25, 0.3) is 5.57 Å². The van der Waals surface area contributed by atoms with Gasteiger partial charge < -0.3 is 5.11 Å². The van der Waals surface area contributed by atoms with Crippen molar-refractivity contribution < 1.29 is 5.11 Å². The minimum absolute atomic E-state index is 0.277. The normalized spacial score (nSPS) is 12.5. The summed E-state index contributed by atoms with van der Waals surface area (Å²) in [6.07, 6.45) is 0.432. The van der Waals surface area contributed by atoms with Crippen LogP contribution in [-0.4, -0.2) is 11.2 Å². The SMILES string of the molecule is C=C(C)c1cccc(CC(C)O)c1. The fraction of sp³-hybridized carbons (Fsp3) is 0.333. The van der Waals surface area contributed by atoms with Gasteiger partial charge >= 0.3 is 0 Å². The highest BCUT2D eigenvalue weighted by molar-refractivity contribution is 5.61. The predicted molar refractivity (Wildman–Crippen MR) is 56.5 cm³/mol. The standard InChI is InChI=1S/C12H16O/c1-9(2)12-6-4-5-11(8-12)7-10(3)13/h4-6,8,10,13H,1,7H2,2-3H3. The molecule has 1 nitrogen and oxygen atoms in total. The first-order valence-corrected chi connectivity index (χ1v) is 4.52. The monoisotopic (exact) mass is 176 g/mol. The number of benzene rings is 1. The average molecular weight is 176 g/mol. The first-order valence-electron chi connectivity index (χ1n) is 4.52. The number of hydrogen-bond acceptors (Lipinski definition) is 1. The summed E-state index contributed by atoms with van der Waals surface area (Å²) in [7, 11) is 0. The third kappa shape index (κ3) is 3.03. The lowest BCUT2D eigenvalue weighted by molar-refractivity contribution is 0.195. The molecule has 0 bridgehead atoms. The van der Waals surface area contributed by atoms with E-state index in [1.807, 2.05) is 25.1 Å². The molecule has 0 amide bonds. The fourth-order valence-electron chi connectivity index (χ4n) is 1.30. The van der Waals surface area contributed by atoms with Crippen LogP contribution in [0.5, 0.6) is 0 Å². The van der Waals surface area contributed by atoms with Crippen LogP contribution < -0.4 is 0 Å². The van der Waals surface area contributed by atoms with Crippen molar-refractivity contribution >= 4 is 5.57 Å². The lowest BCUT2D eigenvalue weighted by Gasteiger charge is -2.06. The van der Waals surface area contributed by atoms with Gasteiger partial charge in [-0.25, -0.2) is 0 Å². The zero-order valence-electron chi connectivity index (χ0n) is 8.25. The summed E-state index contributed by atoms with van der Waals surface area (Å²) in [6.45, 7) is 7.67. The topological polar surface area (TPSA) is 20.2 Å². The highest BCUT2D eigenvalue weighted by Gasteiger charge is 2.00. The molecule has 1 unspecified atom stereocenters. The lowest BCUT2D eigenvalue weighted by Crippen LogP contribution is -2.04. The van der Waals surface area contributed by atoms with Crippen LogP contribution in [0, 0.1) is 0 Å². The summed E-state index contributed by atoms with van der Waals surface area (Å²) < 4.78 is 0. The van der Waals surface area contributed by atoms with Gasteiger partial charge in [-0.05, 0) is 31.4 Å². The summed E-state index contributed by atoms with van der Waals surface area (Å²) >= 11 is 0. The Balaban J connectivity index is 2.85. The maximum absolute atomic E-state index is 9.21. The first-order chi connectivity index (χ1) is 6.09. The minimum atomic E-state index is -0.277. The molecule has 0 spiro atoms. The van der Waals surface area contributed by atoms with E-state index < -0.39 is 0 Å². The maximum atomic E-state index is 9.21. The molecule has 1 aromatic rings. The van der Waals surface area contributed by atoms with E-state index in [1.165, 1.54) is 0 Å². The van der Waals surface area contributed by atoms with Crippen LogP contribution in [-0.2, 0) is 6.42 Å². The van der Waals surface area contributed by atoms with Crippen LogP contribution in [0.1, 0.15) is 25.0 Å². The van der Waals surface area contributed by atoms with Crippen LogP contribution >= 0.6 is 0 Å². The van der Waals surface area contributed by atoms with Crippen molar-refractivity contribution in [2.45, 2.75) is 26.4 Å². The van der Waals surface area contributed by atoms with Gasteiger partial charge in [0.2, 0.25) is 0 Å². The number of aliphatic hydroxyl groups excluding tert-OH is 1. The molecule has 1 aromatic carbocycles. The second kappa shape index (κ2) is 4.24. The molecule has 13 heavy (non-hydrogen) atoms. The summed E-state index contributed by atoms with van der Waals surface area (Å²) in [5.41, 5.74) is 3.38. The molecule has 1 heteroatoms. The van der Waals surface area contributed by atoms with Gasteiger partial charge in [0.25, 0.3) is 0 Å². The Bertz CT molecular complexity index is 300. The van der Waals surface area contributed by atoms with Crippen LogP contribution in [0.15, 0.2) is 30.8 Å². The Hall–Kier alpha value is -1.08. The van der Waals surface area contributed by atoms with E-state index in [0.29, 0.717) is 6.42 Å². The predicted octanol–water partition coefficient (Wildman–Crippen LogP) is 2.64. The van der Waals surface area contributed by atoms with Crippen molar-refractivity contribution in [2.24, 2.45) is 0 Å². The molecule has 1 N–H and O–H groups in total. The maximum Gasteiger partial charge on any atom is 0.0552 e. The van der Waals surface area contributed by atoms with Crippen molar-refractivity contribution in [1.29, 1.82) is 0 Å². The number of rotatable bonds is 3. The Morgan fingerprint density at radius 2 is 2.23 bits per heavy atom. The average Bonchev–Trinajstić information content (AvgIpc) is 2.03. The summed E-state index contributed by atoms with van der Waals surface area (Å²) in [4.78, 5) is 0. The van der Waals surface area contributed by atoms with Crippen molar-refractivity contribution in [3.8, 4) is 0 Å². The quantitative estimate of drug-likeness (QED) is 0.750. The smallest absolute Gasteiger partial charge is 0.0552 e. The van der Waals surface area contributed by atoms with Crippen molar-refractivity contribution in [2.75, 3.05) is 0 Å². The van der Waals surface area contributed by atoms with Crippen molar-refractivity contribution in [1.82, 2.24) is 0 Å². The highest BCUT2D eigenvalue weighted by atomic mass is 16.3. The number of aliphatic hydroxyl groups is 1. The Morgan fingerprint density at radius 3 is 2.77 bits per heavy atom. The minimum Gasteiger partial charge on any atom is -0.393 e.